The Balaban J connectivity index is 1.81. The van der Waals surface area contributed by atoms with Crippen LogP contribution in [0, 0.1) is 0 Å². The minimum absolute atomic E-state index is 0.685. The molecule has 35 heavy (non-hydrogen) atoms. The lowest BCUT2D eigenvalue weighted by molar-refractivity contribution is 0.669. The van der Waals surface area contributed by atoms with Crippen LogP contribution in [0.5, 0.6) is 0 Å². The van der Waals surface area contributed by atoms with Crippen LogP contribution in [0.15, 0.2) is 101 Å². The average Bonchev–Trinajstić information content (AvgIpc) is 3.40. The Morgan fingerprint density at radius 3 is 2.17 bits per heavy atom. The highest BCUT2D eigenvalue weighted by molar-refractivity contribution is 6.39. The van der Waals surface area contributed by atoms with Crippen molar-refractivity contribution in [3.8, 4) is 0 Å². The zero-order valence-corrected chi connectivity index (χ0v) is 19.2. The van der Waals surface area contributed by atoms with Crippen molar-refractivity contribution >= 4 is 93.2 Å². The molecule has 0 aliphatic carbocycles. The first-order valence-corrected chi connectivity index (χ1v) is 12.2. The summed E-state index contributed by atoms with van der Waals surface area (Å²) >= 11 is 6.67. The van der Waals surface area contributed by atoms with Crippen LogP contribution in [0.25, 0.3) is 81.6 Å². The van der Waals surface area contributed by atoms with Gasteiger partial charge in [0.05, 0.1) is 21.9 Å². The molecule has 0 radical (unpaired) electrons. The van der Waals surface area contributed by atoms with E-state index in [1.165, 1.54) is 48.7 Å². The lowest BCUT2D eigenvalue weighted by Gasteiger charge is -2.06. The standard InChI is InChI=1S/C32H16ClNO/c33-19-15-22-23-14-18-7-2-4-9-21(18)30-28-20-8-3-1-6-17(20)12-13-25(28)34(32(23)30)24-10-5-11-26-31(24)29(22)27(16-19)35-26/h1-16H. The third-order valence-electron chi connectivity index (χ3n) is 7.72. The molecule has 0 amide bonds. The van der Waals surface area contributed by atoms with E-state index in [0.29, 0.717) is 5.02 Å². The van der Waals surface area contributed by atoms with E-state index in [-0.39, 0.29) is 0 Å². The SMILES string of the molecule is Clc1cc2oc3cccc4c3c2c(c1)c1cc2ccccc2c2c3c5ccccc5ccc3n4c12. The monoisotopic (exact) mass is 465 g/mol. The molecule has 9 aromatic rings. The number of hydrogen-bond donors (Lipinski definition) is 0. The van der Waals surface area contributed by atoms with Crippen molar-refractivity contribution in [2.75, 3.05) is 0 Å². The highest BCUT2D eigenvalue weighted by Gasteiger charge is 2.23. The van der Waals surface area contributed by atoms with Gasteiger partial charge in [-0.25, -0.2) is 0 Å². The maximum atomic E-state index is 6.67. The highest BCUT2D eigenvalue weighted by Crippen LogP contribution is 2.47. The summed E-state index contributed by atoms with van der Waals surface area (Å²) in [5.74, 6) is 0. The van der Waals surface area contributed by atoms with Gasteiger partial charge in [-0.3, -0.25) is 0 Å². The maximum Gasteiger partial charge on any atom is 0.137 e. The second-order valence-electron chi connectivity index (χ2n) is 9.46. The molecule has 0 bridgehead atoms. The van der Waals surface area contributed by atoms with Crippen LogP contribution in [0.3, 0.4) is 0 Å². The summed E-state index contributed by atoms with van der Waals surface area (Å²) in [7, 11) is 0. The number of furan rings is 1. The first-order chi connectivity index (χ1) is 17.3. The number of aromatic nitrogens is 1. The van der Waals surface area contributed by atoms with E-state index < -0.39 is 0 Å². The van der Waals surface area contributed by atoms with Crippen LogP contribution in [-0.4, -0.2) is 4.40 Å². The van der Waals surface area contributed by atoms with Crippen molar-refractivity contribution in [3.63, 3.8) is 0 Å². The molecule has 0 aliphatic heterocycles. The van der Waals surface area contributed by atoms with E-state index in [0.717, 1.165) is 32.8 Å². The molecule has 0 aliphatic rings. The van der Waals surface area contributed by atoms with Gasteiger partial charge in [0.25, 0.3) is 0 Å². The maximum absolute atomic E-state index is 6.67. The fourth-order valence-corrected chi connectivity index (χ4v) is 6.61. The van der Waals surface area contributed by atoms with Crippen LogP contribution in [0.1, 0.15) is 0 Å². The zero-order valence-electron chi connectivity index (χ0n) is 18.5. The lowest BCUT2D eigenvalue weighted by atomic mass is 9.96. The molecular formula is C32H16ClNO. The van der Waals surface area contributed by atoms with Crippen LogP contribution in [0.2, 0.25) is 5.02 Å². The smallest absolute Gasteiger partial charge is 0.137 e. The highest BCUT2D eigenvalue weighted by atomic mass is 35.5. The van der Waals surface area contributed by atoms with Crippen molar-refractivity contribution in [1.29, 1.82) is 0 Å². The molecule has 0 atom stereocenters. The predicted octanol–water partition coefficient (Wildman–Crippen LogP) is 9.70. The predicted molar refractivity (Wildman–Crippen MR) is 148 cm³/mol. The van der Waals surface area contributed by atoms with Crippen LogP contribution in [-0.2, 0) is 0 Å². The summed E-state index contributed by atoms with van der Waals surface area (Å²) < 4.78 is 8.80. The molecule has 6 aromatic carbocycles. The van der Waals surface area contributed by atoms with Crippen molar-refractivity contribution in [3.05, 3.63) is 102 Å². The Morgan fingerprint density at radius 1 is 0.514 bits per heavy atom. The van der Waals surface area contributed by atoms with Gasteiger partial charge in [-0.15, -0.1) is 0 Å². The molecule has 3 heteroatoms. The van der Waals surface area contributed by atoms with E-state index >= 15 is 0 Å². The molecule has 9 rings (SSSR count). The second kappa shape index (κ2) is 6.04. The normalized spacial score (nSPS) is 12.7. The largest absolute Gasteiger partial charge is 0.456 e. The first kappa shape index (κ1) is 18.1. The van der Waals surface area contributed by atoms with E-state index in [1.807, 2.05) is 6.07 Å². The molecule has 0 spiro atoms. The molecule has 0 saturated heterocycles. The quantitative estimate of drug-likeness (QED) is 0.218. The topological polar surface area (TPSA) is 17.6 Å². The van der Waals surface area contributed by atoms with E-state index in [4.69, 9.17) is 16.0 Å². The minimum Gasteiger partial charge on any atom is -0.456 e. The Hall–Kier alpha value is -4.27. The molecule has 0 saturated carbocycles. The van der Waals surface area contributed by atoms with Crippen LogP contribution >= 0.6 is 11.6 Å². The van der Waals surface area contributed by atoms with E-state index in [2.05, 4.69) is 95.4 Å². The number of hydrogen-bond acceptors (Lipinski definition) is 1. The number of fused-ring (bicyclic) bond motifs is 9. The van der Waals surface area contributed by atoms with Gasteiger partial charge in [-0.05, 0) is 57.3 Å². The molecule has 0 unspecified atom stereocenters. The van der Waals surface area contributed by atoms with Crippen molar-refractivity contribution in [2.45, 2.75) is 0 Å². The fourth-order valence-electron chi connectivity index (χ4n) is 6.40. The van der Waals surface area contributed by atoms with Gasteiger partial charge in [-0.2, -0.15) is 0 Å². The molecule has 3 heterocycles. The van der Waals surface area contributed by atoms with E-state index in [1.54, 1.807) is 0 Å². The molecule has 0 fully saturated rings. The summed E-state index contributed by atoms with van der Waals surface area (Å²) in [6, 6.07) is 34.7. The third-order valence-corrected chi connectivity index (χ3v) is 7.93. The molecule has 0 N–H and O–H groups in total. The number of benzene rings is 6. The van der Waals surface area contributed by atoms with Crippen molar-refractivity contribution in [1.82, 2.24) is 4.40 Å². The summed E-state index contributed by atoms with van der Waals surface area (Å²) in [5.41, 5.74) is 5.29. The molecule has 162 valence electrons. The zero-order chi connectivity index (χ0) is 22.8. The van der Waals surface area contributed by atoms with Crippen LogP contribution < -0.4 is 0 Å². The minimum atomic E-state index is 0.685. The molecule has 3 aromatic heterocycles. The second-order valence-corrected chi connectivity index (χ2v) is 9.90. The van der Waals surface area contributed by atoms with Gasteiger partial charge in [0.2, 0.25) is 0 Å². The third kappa shape index (κ3) is 2.08. The number of rotatable bonds is 0. The van der Waals surface area contributed by atoms with Gasteiger partial charge in [0.1, 0.15) is 11.2 Å². The van der Waals surface area contributed by atoms with Gasteiger partial charge in [0, 0.05) is 32.6 Å². The van der Waals surface area contributed by atoms with Crippen LogP contribution in [0.4, 0.5) is 0 Å². The Labute approximate surface area is 203 Å². The van der Waals surface area contributed by atoms with Crippen molar-refractivity contribution < 1.29 is 4.42 Å². The fraction of sp³-hybridized carbons (Fsp3) is 0. The number of halogens is 1. The Kier molecular flexibility index (Phi) is 3.13. The average molecular weight is 466 g/mol. The van der Waals surface area contributed by atoms with Gasteiger partial charge >= 0.3 is 0 Å². The Morgan fingerprint density at radius 2 is 1.29 bits per heavy atom. The summed E-state index contributed by atoms with van der Waals surface area (Å²) in [4.78, 5) is 0. The summed E-state index contributed by atoms with van der Waals surface area (Å²) in [6.07, 6.45) is 0. The van der Waals surface area contributed by atoms with Gasteiger partial charge in [0.15, 0.2) is 0 Å². The van der Waals surface area contributed by atoms with Gasteiger partial charge < -0.3 is 8.82 Å². The molecule has 2 nitrogen and oxygen atoms in total. The van der Waals surface area contributed by atoms with Gasteiger partial charge in [-0.1, -0.05) is 72.3 Å². The van der Waals surface area contributed by atoms with Crippen molar-refractivity contribution in [2.24, 2.45) is 0 Å². The number of nitrogens with zero attached hydrogens (tertiary/aromatic N) is 1. The first-order valence-electron chi connectivity index (χ1n) is 11.8. The van der Waals surface area contributed by atoms with E-state index in [9.17, 15) is 0 Å². The molecular weight excluding hydrogens is 450 g/mol. The summed E-state index contributed by atoms with van der Waals surface area (Å²) in [6.45, 7) is 0. The summed E-state index contributed by atoms with van der Waals surface area (Å²) in [5, 5.41) is 12.9. The lowest BCUT2D eigenvalue weighted by Crippen LogP contribution is -1.85. The Bertz CT molecular complexity index is 2340.